The number of nitrogens with zero attached hydrogens (tertiary/aromatic N) is 1. The summed E-state index contributed by atoms with van der Waals surface area (Å²) in [6.45, 7) is -0.262. The van der Waals surface area contributed by atoms with Gasteiger partial charge in [-0.3, -0.25) is 14.4 Å². The molecule has 1 N–H and O–H groups in total. The van der Waals surface area contributed by atoms with Gasteiger partial charge in [-0.2, -0.15) is 0 Å². The second-order valence-electron chi connectivity index (χ2n) is 5.95. The summed E-state index contributed by atoms with van der Waals surface area (Å²) in [6.07, 6.45) is 0.123. The number of hydrogen-bond donors (Lipinski definition) is 1. The molecule has 0 saturated carbocycles. The lowest BCUT2D eigenvalue weighted by atomic mass is 10.2. The molecule has 0 fully saturated rings. The van der Waals surface area contributed by atoms with Crippen molar-refractivity contribution in [3.05, 3.63) is 48.5 Å². The van der Waals surface area contributed by atoms with E-state index in [1.54, 1.807) is 11.8 Å². The maximum atomic E-state index is 12.1. The van der Waals surface area contributed by atoms with Crippen molar-refractivity contribution in [1.29, 1.82) is 0 Å². The molecule has 0 bridgehead atoms. The average molecular weight is 400 g/mol. The van der Waals surface area contributed by atoms with Gasteiger partial charge >= 0.3 is 11.9 Å². The Kier molecular flexibility index (Phi) is 6.54. The number of fused-ring (bicyclic) bond motifs is 2. The molecule has 0 saturated heterocycles. The van der Waals surface area contributed by atoms with E-state index in [1.165, 1.54) is 7.11 Å². The van der Waals surface area contributed by atoms with Crippen molar-refractivity contribution in [2.75, 3.05) is 31.7 Å². The molecule has 8 heteroatoms. The number of para-hydroxylation sites is 2. The molecule has 1 aliphatic rings. The van der Waals surface area contributed by atoms with Crippen molar-refractivity contribution in [2.45, 2.75) is 16.2 Å². The highest BCUT2D eigenvalue weighted by Crippen LogP contribution is 2.47. The summed E-state index contributed by atoms with van der Waals surface area (Å²) < 4.78 is 9.42. The lowest BCUT2D eigenvalue weighted by Crippen LogP contribution is -2.34. The molecule has 0 spiro atoms. The Morgan fingerprint density at radius 2 is 1.57 bits per heavy atom. The third-order valence-corrected chi connectivity index (χ3v) is 5.22. The first kappa shape index (κ1) is 19.8. The van der Waals surface area contributed by atoms with Crippen LogP contribution in [0.3, 0.4) is 0 Å². The molecule has 0 aliphatic carbocycles. The average Bonchev–Trinajstić information content (AvgIpc) is 2.73. The van der Waals surface area contributed by atoms with Crippen molar-refractivity contribution >= 4 is 41.0 Å². The molecule has 146 valence electrons. The Labute approximate surface area is 167 Å². The van der Waals surface area contributed by atoms with Crippen LogP contribution in [-0.2, 0) is 23.9 Å². The molecule has 1 heterocycles. The maximum absolute atomic E-state index is 12.1. The topological polar surface area (TPSA) is 84.9 Å². The van der Waals surface area contributed by atoms with E-state index < -0.39 is 24.5 Å². The van der Waals surface area contributed by atoms with Crippen molar-refractivity contribution in [3.8, 4) is 0 Å². The van der Waals surface area contributed by atoms with Crippen molar-refractivity contribution in [2.24, 2.45) is 0 Å². The van der Waals surface area contributed by atoms with Crippen molar-refractivity contribution < 1.29 is 23.9 Å². The van der Waals surface area contributed by atoms with Gasteiger partial charge < -0.3 is 19.7 Å². The first-order valence-corrected chi connectivity index (χ1v) is 9.52. The minimum absolute atomic E-state index is 0.123. The van der Waals surface area contributed by atoms with Gasteiger partial charge in [0.25, 0.3) is 5.91 Å². The van der Waals surface area contributed by atoms with E-state index in [-0.39, 0.29) is 13.0 Å². The highest BCUT2D eigenvalue weighted by atomic mass is 32.2. The van der Waals surface area contributed by atoms with E-state index in [2.05, 4.69) is 15.0 Å². The predicted octanol–water partition coefficient (Wildman–Crippen LogP) is 2.51. The normalized spacial score (nSPS) is 11.8. The molecular formula is C20H20N2O5S. The number of nitrogens with one attached hydrogen (secondary N) is 1. The second-order valence-corrected chi connectivity index (χ2v) is 7.04. The first-order valence-electron chi connectivity index (χ1n) is 8.71. The zero-order valence-corrected chi connectivity index (χ0v) is 16.2. The monoisotopic (exact) mass is 400 g/mol. The minimum atomic E-state index is -0.569. The van der Waals surface area contributed by atoms with E-state index in [1.807, 2.05) is 48.5 Å². The standard InChI is InChI=1S/C20H20N2O5S/c1-26-20(25)12-21-18(23)13-27-19(24)10-11-22-14-6-2-4-8-16(14)28-17-9-5-3-7-15(17)22/h2-9H,10-13H2,1H3,(H,21,23). The van der Waals surface area contributed by atoms with Gasteiger partial charge in [0.2, 0.25) is 0 Å². The number of anilines is 2. The van der Waals surface area contributed by atoms with Gasteiger partial charge in [-0.15, -0.1) is 0 Å². The number of methoxy groups -OCH3 is 1. The highest BCUT2D eigenvalue weighted by Gasteiger charge is 2.23. The van der Waals surface area contributed by atoms with E-state index in [0.717, 1.165) is 21.2 Å². The van der Waals surface area contributed by atoms with Crippen LogP contribution in [0.25, 0.3) is 0 Å². The fraction of sp³-hybridized carbons (Fsp3) is 0.250. The minimum Gasteiger partial charge on any atom is -0.468 e. The summed E-state index contributed by atoms with van der Waals surface area (Å²) in [4.78, 5) is 39.0. The molecule has 28 heavy (non-hydrogen) atoms. The Bertz CT molecular complexity index is 841. The van der Waals surface area contributed by atoms with Gasteiger partial charge in [0.1, 0.15) is 6.54 Å². The molecule has 0 radical (unpaired) electrons. The second kappa shape index (κ2) is 9.27. The van der Waals surface area contributed by atoms with Gasteiger partial charge in [-0.25, -0.2) is 0 Å². The molecule has 7 nitrogen and oxygen atoms in total. The van der Waals surface area contributed by atoms with Gasteiger partial charge in [-0.1, -0.05) is 36.0 Å². The molecule has 1 aliphatic heterocycles. The van der Waals surface area contributed by atoms with Crippen LogP contribution in [0.1, 0.15) is 6.42 Å². The number of ether oxygens (including phenoxy) is 2. The lowest BCUT2D eigenvalue weighted by Gasteiger charge is -2.32. The fourth-order valence-corrected chi connectivity index (χ4v) is 3.83. The Morgan fingerprint density at radius 3 is 2.18 bits per heavy atom. The Hall–Kier alpha value is -3.00. The summed E-state index contributed by atoms with van der Waals surface area (Å²) in [5.41, 5.74) is 2.07. The summed E-state index contributed by atoms with van der Waals surface area (Å²) in [6, 6.07) is 16.0. The number of esters is 2. The van der Waals surface area contributed by atoms with Crippen molar-refractivity contribution in [1.82, 2.24) is 5.32 Å². The molecule has 0 aromatic heterocycles. The molecule has 0 unspecified atom stereocenters. The largest absolute Gasteiger partial charge is 0.468 e. The molecular weight excluding hydrogens is 380 g/mol. The number of hydrogen-bond acceptors (Lipinski definition) is 7. The third kappa shape index (κ3) is 4.83. The predicted molar refractivity (Wildman–Crippen MR) is 105 cm³/mol. The van der Waals surface area contributed by atoms with E-state index in [4.69, 9.17) is 4.74 Å². The van der Waals surface area contributed by atoms with Gasteiger partial charge in [-0.05, 0) is 24.3 Å². The number of benzene rings is 2. The number of carbonyl (C=O) groups excluding carboxylic acids is 3. The van der Waals surface area contributed by atoms with Crippen LogP contribution in [0.5, 0.6) is 0 Å². The molecule has 1 amide bonds. The smallest absolute Gasteiger partial charge is 0.325 e. The van der Waals surface area contributed by atoms with Gasteiger partial charge in [0.05, 0.1) is 24.9 Å². The summed E-state index contributed by atoms with van der Waals surface area (Å²) >= 11 is 1.70. The first-order chi connectivity index (χ1) is 13.6. The molecule has 0 atom stereocenters. The van der Waals surface area contributed by atoms with E-state index in [9.17, 15) is 14.4 Å². The van der Waals surface area contributed by atoms with Gasteiger partial charge in [0, 0.05) is 16.3 Å². The van der Waals surface area contributed by atoms with Crippen LogP contribution in [0.2, 0.25) is 0 Å². The van der Waals surface area contributed by atoms with Crippen LogP contribution in [0, 0.1) is 0 Å². The zero-order chi connectivity index (χ0) is 19.9. The third-order valence-electron chi connectivity index (χ3n) is 4.09. The number of carbonyl (C=O) groups is 3. The van der Waals surface area contributed by atoms with Gasteiger partial charge in [0.15, 0.2) is 6.61 Å². The highest BCUT2D eigenvalue weighted by molar-refractivity contribution is 7.99. The van der Waals surface area contributed by atoms with Crippen molar-refractivity contribution in [3.63, 3.8) is 0 Å². The summed E-state index contributed by atoms with van der Waals surface area (Å²) in [5, 5.41) is 2.32. The van der Waals surface area contributed by atoms with E-state index in [0.29, 0.717) is 6.54 Å². The quantitative estimate of drug-likeness (QED) is 0.715. The number of rotatable bonds is 7. The lowest BCUT2D eigenvalue weighted by molar-refractivity contribution is -0.148. The number of amides is 1. The molecule has 2 aromatic carbocycles. The zero-order valence-electron chi connectivity index (χ0n) is 15.3. The SMILES string of the molecule is COC(=O)CNC(=O)COC(=O)CCN1c2ccccc2Sc2ccccc21. The fourth-order valence-electron chi connectivity index (χ4n) is 2.74. The maximum Gasteiger partial charge on any atom is 0.325 e. The van der Waals surface area contributed by atoms with Crippen LogP contribution in [0.4, 0.5) is 11.4 Å². The van der Waals surface area contributed by atoms with Crippen LogP contribution in [0.15, 0.2) is 58.3 Å². The van der Waals surface area contributed by atoms with Crippen LogP contribution in [-0.4, -0.2) is 44.7 Å². The van der Waals surface area contributed by atoms with Crippen LogP contribution < -0.4 is 10.2 Å². The van der Waals surface area contributed by atoms with E-state index >= 15 is 0 Å². The Morgan fingerprint density at radius 1 is 0.964 bits per heavy atom. The molecule has 3 rings (SSSR count). The molecule has 2 aromatic rings. The summed E-state index contributed by atoms with van der Waals surface area (Å²) in [7, 11) is 1.23. The Balaban J connectivity index is 1.57. The van der Waals surface area contributed by atoms with Crippen LogP contribution >= 0.6 is 11.8 Å². The summed E-state index contributed by atoms with van der Waals surface area (Å²) in [5.74, 6) is -1.61.